The summed E-state index contributed by atoms with van der Waals surface area (Å²) in [5.41, 5.74) is 3.27. The molecular weight excluding hydrogens is 420 g/mol. The minimum atomic E-state index is -0.0908. The molecule has 3 heterocycles. The van der Waals surface area contributed by atoms with Crippen LogP contribution in [-0.4, -0.2) is 27.6 Å². The minimum absolute atomic E-state index is 0.0908. The number of nitrogens with zero attached hydrogens (tertiary/aromatic N) is 2. The Morgan fingerprint density at radius 1 is 1.25 bits per heavy atom. The van der Waals surface area contributed by atoms with Gasteiger partial charge < -0.3 is 9.52 Å². The van der Waals surface area contributed by atoms with Crippen LogP contribution in [0.3, 0.4) is 0 Å². The number of para-hydroxylation sites is 1. The van der Waals surface area contributed by atoms with Crippen molar-refractivity contribution in [2.24, 2.45) is 0 Å². The van der Waals surface area contributed by atoms with E-state index in [2.05, 4.69) is 16.8 Å². The highest BCUT2D eigenvalue weighted by molar-refractivity contribution is 7.21. The molecule has 0 radical (unpaired) electrons. The second-order valence-electron chi connectivity index (χ2n) is 8.59. The van der Waals surface area contributed by atoms with E-state index in [9.17, 15) is 9.90 Å². The molecule has 0 amide bonds. The fourth-order valence-corrected chi connectivity index (χ4v) is 5.84. The molecule has 2 aromatic heterocycles. The molecule has 5 rings (SSSR count). The second kappa shape index (κ2) is 8.68. The minimum Gasteiger partial charge on any atom is -0.507 e. The van der Waals surface area contributed by atoms with Crippen LogP contribution in [0.25, 0.3) is 31.8 Å². The van der Waals surface area contributed by atoms with Gasteiger partial charge in [0.05, 0.1) is 26.7 Å². The van der Waals surface area contributed by atoms with Gasteiger partial charge in [-0.3, -0.25) is 9.69 Å². The lowest BCUT2D eigenvalue weighted by molar-refractivity contribution is 0.135. The molecule has 1 aliphatic heterocycles. The number of likely N-dealkylation sites (tertiary alicyclic amines) is 1. The number of aromatic nitrogens is 1. The number of rotatable bonds is 5. The zero-order chi connectivity index (χ0) is 22.2. The van der Waals surface area contributed by atoms with Gasteiger partial charge in [0.1, 0.15) is 22.6 Å². The molecule has 1 atom stereocenters. The Bertz CT molecular complexity index is 1310. The zero-order valence-electron chi connectivity index (χ0n) is 18.6. The molecule has 0 aliphatic carbocycles. The van der Waals surface area contributed by atoms with Gasteiger partial charge in [0, 0.05) is 12.6 Å². The molecule has 166 valence electrons. The first-order chi connectivity index (χ1) is 15.6. The molecule has 0 spiro atoms. The number of aromatic hydroxyl groups is 1. The van der Waals surface area contributed by atoms with Crippen molar-refractivity contribution in [1.29, 1.82) is 0 Å². The van der Waals surface area contributed by atoms with Crippen LogP contribution < -0.4 is 5.43 Å². The zero-order valence-corrected chi connectivity index (χ0v) is 19.4. The number of hydrogen-bond acceptors (Lipinski definition) is 6. The molecule has 0 bridgehead atoms. The Morgan fingerprint density at radius 2 is 2.09 bits per heavy atom. The highest BCUT2D eigenvalue weighted by atomic mass is 32.1. The molecule has 1 saturated heterocycles. The van der Waals surface area contributed by atoms with Gasteiger partial charge in [-0.15, -0.1) is 11.3 Å². The highest BCUT2D eigenvalue weighted by Gasteiger charge is 2.25. The third-order valence-electron chi connectivity index (χ3n) is 6.70. The topological polar surface area (TPSA) is 66.6 Å². The number of benzene rings is 2. The average molecular weight is 449 g/mol. The summed E-state index contributed by atoms with van der Waals surface area (Å²) in [7, 11) is 0. The van der Waals surface area contributed by atoms with Crippen molar-refractivity contribution in [2.75, 3.05) is 6.54 Å². The number of phenolic OH excluding ortho intramolecular Hbond substituents is 1. The van der Waals surface area contributed by atoms with E-state index in [1.807, 2.05) is 31.2 Å². The third kappa shape index (κ3) is 3.61. The second-order valence-corrected chi connectivity index (χ2v) is 9.62. The van der Waals surface area contributed by atoms with E-state index in [4.69, 9.17) is 4.42 Å². The maximum absolute atomic E-state index is 13.6. The van der Waals surface area contributed by atoms with Crippen molar-refractivity contribution in [2.45, 2.75) is 58.5 Å². The van der Waals surface area contributed by atoms with Crippen LogP contribution in [0.2, 0.25) is 0 Å². The first-order valence-electron chi connectivity index (χ1n) is 11.5. The number of thiazole rings is 1. The smallest absolute Gasteiger partial charge is 0.202 e. The lowest BCUT2D eigenvalue weighted by Crippen LogP contribution is -2.38. The van der Waals surface area contributed by atoms with E-state index in [0.29, 0.717) is 40.5 Å². The van der Waals surface area contributed by atoms with E-state index >= 15 is 0 Å². The molecule has 0 saturated carbocycles. The number of phenols is 1. The van der Waals surface area contributed by atoms with Gasteiger partial charge in [-0.05, 0) is 56.0 Å². The number of piperidine rings is 1. The standard InChI is InChI=1S/C26H28N2O3S/c1-3-16-13-18-24(30)20(26-27-21-10-5-6-11-22(21)32-26)15-31-25(18)19(23(16)29)14-28-12-8-7-9-17(28)4-2/h5-6,10-11,13,15,17,29H,3-4,7-9,12,14H2,1-2H3/t17-/m1/s1. The van der Waals surface area contributed by atoms with Crippen LogP contribution in [-0.2, 0) is 13.0 Å². The van der Waals surface area contributed by atoms with Crippen LogP contribution in [0.4, 0.5) is 0 Å². The molecule has 32 heavy (non-hydrogen) atoms. The summed E-state index contributed by atoms with van der Waals surface area (Å²) >= 11 is 1.49. The highest BCUT2D eigenvalue weighted by Crippen LogP contribution is 2.35. The molecule has 2 aromatic carbocycles. The molecular formula is C26H28N2O3S. The van der Waals surface area contributed by atoms with Crippen molar-refractivity contribution < 1.29 is 9.52 Å². The molecule has 1 N–H and O–H groups in total. The van der Waals surface area contributed by atoms with Crippen LogP contribution in [0.5, 0.6) is 5.75 Å². The molecule has 6 heteroatoms. The van der Waals surface area contributed by atoms with Crippen molar-refractivity contribution >= 4 is 32.5 Å². The third-order valence-corrected chi connectivity index (χ3v) is 7.77. The van der Waals surface area contributed by atoms with Gasteiger partial charge in [0.2, 0.25) is 5.43 Å². The van der Waals surface area contributed by atoms with E-state index < -0.39 is 0 Å². The number of fused-ring (bicyclic) bond motifs is 2. The summed E-state index contributed by atoms with van der Waals surface area (Å²) in [5.74, 6) is 0.260. The van der Waals surface area contributed by atoms with Gasteiger partial charge in [-0.25, -0.2) is 4.98 Å². The summed E-state index contributed by atoms with van der Waals surface area (Å²) in [6, 6.07) is 10.2. The lowest BCUT2D eigenvalue weighted by atomic mass is 9.97. The van der Waals surface area contributed by atoms with Crippen LogP contribution in [0.1, 0.15) is 50.7 Å². The first-order valence-corrected chi connectivity index (χ1v) is 12.3. The summed E-state index contributed by atoms with van der Waals surface area (Å²) in [6.45, 7) is 5.81. The van der Waals surface area contributed by atoms with Gasteiger partial charge >= 0.3 is 0 Å². The lowest BCUT2D eigenvalue weighted by Gasteiger charge is -2.35. The van der Waals surface area contributed by atoms with Gasteiger partial charge in [0.15, 0.2) is 0 Å². The van der Waals surface area contributed by atoms with Crippen LogP contribution in [0, 0.1) is 0 Å². The van der Waals surface area contributed by atoms with Crippen LogP contribution in [0.15, 0.2) is 45.8 Å². The number of aryl methyl sites for hydroxylation is 1. The number of hydrogen-bond donors (Lipinski definition) is 1. The van der Waals surface area contributed by atoms with E-state index in [-0.39, 0.29) is 11.2 Å². The van der Waals surface area contributed by atoms with Gasteiger partial charge in [-0.2, -0.15) is 0 Å². The Kier molecular flexibility index (Phi) is 5.74. The molecule has 4 aromatic rings. The molecule has 0 unspecified atom stereocenters. The van der Waals surface area contributed by atoms with E-state index in [0.717, 1.165) is 40.7 Å². The Labute approximate surface area is 191 Å². The fourth-order valence-electron chi connectivity index (χ4n) is 4.88. The van der Waals surface area contributed by atoms with E-state index in [1.54, 1.807) is 6.07 Å². The average Bonchev–Trinajstić information content (AvgIpc) is 3.25. The fraction of sp³-hybridized carbons (Fsp3) is 0.385. The summed E-state index contributed by atoms with van der Waals surface area (Å²) < 4.78 is 7.12. The van der Waals surface area contributed by atoms with Crippen LogP contribution >= 0.6 is 11.3 Å². The summed E-state index contributed by atoms with van der Waals surface area (Å²) in [6.07, 6.45) is 6.83. The largest absolute Gasteiger partial charge is 0.507 e. The summed E-state index contributed by atoms with van der Waals surface area (Å²) in [4.78, 5) is 20.6. The quantitative estimate of drug-likeness (QED) is 0.399. The first kappa shape index (κ1) is 21.2. The predicted molar refractivity (Wildman–Crippen MR) is 130 cm³/mol. The van der Waals surface area contributed by atoms with Crippen molar-refractivity contribution in [3.8, 4) is 16.3 Å². The monoisotopic (exact) mass is 448 g/mol. The van der Waals surface area contributed by atoms with Gasteiger partial charge in [0.25, 0.3) is 0 Å². The Morgan fingerprint density at radius 3 is 2.88 bits per heavy atom. The normalized spacial score (nSPS) is 17.4. The predicted octanol–water partition coefficient (Wildman–Crippen LogP) is 6.10. The molecule has 5 nitrogen and oxygen atoms in total. The SMILES string of the molecule is CCc1cc2c(=O)c(-c3nc4ccccc4s3)coc2c(CN2CCCC[C@H]2CC)c1O. The molecule has 1 fully saturated rings. The Balaban J connectivity index is 1.65. The molecule has 1 aliphatic rings. The van der Waals surface area contributed by atoms with Crippen molar-refractivity contribution in [3.05, 3.63) is 57.9 Å². The van der Waals surface area contributed by atoms with E-state index in [1.165, 1.54) is 30.4 Å². The maximum Gasteiger partial charge on any atom is 0.202 e. The van der Waals surface area contributed by atoms with Crippen molar-refractivity contribution in [3.63, 3.8) is 0 Å². The maximum atomic E-state index is 13.6. The van der Waals surface area contributed by atoms with Crippen molar-refractivity contribution in [1.82, 2.24) is 9.88 Å². The Hall–Kier alpha value is -2.70. The van der Waals surface area contributed by atoms with Gasteiger partial charge in [-0.1, -0.05) is 32.4 Å². The summed E-state index contributed by atoms with van der Waals surface area (Å²) in [5, 5.41) is 12.2.